The van der Waals surface area contributed by atoms with Gasteiger partial charge in [-0.2, -0.15) is 5.10 Å². The van der Waals surface area contributed by atoms with Crippen LogP contribution in [0.5, 0.6) is 0 Å². The second-order valence-electron chi connectivity index (χ2n) is 4.24. The van der Waals surface area contributed by atoms with E-state index < -0.39 is 0 Å². The summed E-state index contributed by atoms with van der Waals surface area (Å²) >= 11 is 0. The van der Waals surface area contributed by atoms with Crippen LogP contribution >= 0.6 is 0 Å². The first-order chi connectivity index (χ1) is 9.24. The highest BCUT2D eigenvalue weighted by molar-refractivity contribution is 5.84. The molecule has 0 N–H and O–H groups in total. The number of nitrogens with zero attached hydrogens (tertiary/aromatic N) is 3. The average molecular weight is 253 g/mol. The van der Waals surface area contributed by atoms with Gasteiger partial charge in [0.05, 0.1) is 17.4 Å². The first kappa shape index (κ1) is 13.3. The van der Waals surface area contributed by atoms with Gasteiger partial charge >= 0.3 is 0 Å². The molecule has 0 aliphatic heterocycles. The lowest BCUT2D eigenvalue weighted by atomic mass is 10.1. The molecule has 0 spiro atoms. The maximum atomic E-state index is 4.67. The lowest BCUT2D eigenvalue weighted by Crippen LogP contribution is -1.86. The molecule has 0 aliphatic rings. The van der Waals surface area contributed by atoms with Gasteiger partial charge in [0.1, 0.15) is 0 Å². The predicted octanol–water partition coefficient (Wildman–Crippen LogP) is 3.97. The van der Waals surface area contributed by atoms with Gasteiger partial charge in [0, 0.05) is 24.2 Å². The number of benzene rings is 1. The van der Waals surface area contributed by atoms with E-state index in [1.807, 2.05) is 51.5 Å². The van der Waals surface area contributed by atoms with Gasteiger partial charge in [0.15, 0.2) is 0 Å². The van der Waals surface area contributed by atoms with Gasteiger partial charge in [-0.3, -0.25) is 4.68 Å². The topological polar surface area (TPSA) is 30.7 Å². The van der Waals surface area contributed by atoms with E-state index in [-0.39, 0.29) is 0 Å². The van der Waals surface area contributed by atoms with E-state index in [0.29, 0.717) is 0 Å². The zero-order valence-electron chi connectivity index (χ0n) is 11.9. The second kappa shape index (κ2) is 5.65. The number of fused-ring (bicyclic) bond motifs is 1. The van der Waals surface area contributed by atoms with Crippen molar-refractivity contribution in [1.29, 1.82) is 0 Å². The van der Waals surface area contributed by atoms with E-state index in [1.54, 1.807) is 4.68 Å². The van der Waals surface area contributed by atoms with Gasteiger partial charge < -0.3 is 0 Å². The summed E-state index contributed by atoms with van der Waals surface area (Å²) in [5.41, 5.74) is 4.31. The number of aryl methyl sites for hydroxylation is 2. The van der Waals surface area contributed by atoms with E-state index in [0.717, 1.165) is 16.8 Å². The van der Waals surface area contributed by atoms with Crippen LogP contribution in [-0.2, 0) is 7.05 Å². The van der Waals surface area contributed by atoms with Gasteiger partial charge in [0.2, 0.25) is 0 Å². The Kier molecular flexibility index (Phi) is 3.95. The van der Waals surface area contributed by atoms with Gasteiger partial charge in [-0.25, -0.2) is 4.98 Å². The summed E-state index contributed by atoms with van der Waals surface area (Å²) < 4.78 is 1.79. The summed E-state index contributed by atoms with van der Waals surface area (Å²) in [4.78, 5) is 4.67. The number of rotatable bonds is 1. The highest BCUT2D eigenvalue weighted by Crippen LogP contribution is 2.22. The fraction of sp³-hybridized carbons (Fsp3) is 0.250. The molecule has 0 unspecified atom stereocenters. The van der Waals surface area contributed by atoms with E-state index in [4.69, 9.17) is 0 Å². The molecule has 0 atom stereocenters. The minimum absolute atomic E-state index is 0.969. The smallest absolute Gasteiger partial charge is 0.0741 e. The minimum Gasteiger partial charge on any atom is -0.275 e. The van der Waals surface area contributed by atoms with Crippen molar-refractivity contribution in [3.05, 3.63) is 48.3 Å². The van der Waals surface area contributed by atoms with Crippen molar-refractivity contribution >= 4 is 10.9 Å². The van der Waals surface area contributed by atoms with Crippen LogP contribution in [0.15, 0.2) is 42.7 Å². The van der Waals surface area contributed by atoms with E-state index >= 15 is 0 Å². The molecule has 3 aromatic rings. The van der Waals surface area contributed by atoms with Crippen LogP contribution in [0.25, 0.3) is 22.2 Å². The highest BCUT2D eigenvalue weighted by Gasteiger charge is 2.04. The molecule has 3 nitrogen and oxygen atoms in total. The Labute approximate surface area is 113 Å². The van der Waals surface area contributed by atoms with Gasteiger partial charge in [-0.1, -0.05) is 32.0 Å². The normalized spacial score (nSPS) is 10.1. The molecule has 0 saturated heterocycles. The number of pyridine rings is 1. The maximum absolute atomic E-state index is 4.67. The highest BCUT2D eigenvalue weighted by atomic mass is 15.2. The van der Waals surface area contributed by atoms with Crippen LogP contribution in [0.3, 0.4) is 0 Å². The van der Waals surface area contributed by atoms with Crippen molar-refractivity contribution in [2.45, 2.75) is 20.8 Å². The monoisotopic (exact) mass is 253 g/mol. The van der Waals surface area contributed by atoms with Crippen molar-refractivity contribution in [2.24, 2.45) is 7.05 Å². The first-order valence-electron chi connectivity index (χ1n) is 6.59. The number of hydrogen-bond donors (Lipinski definition) is 0. The molecular weight excluding hydrogens is 234 g/mol. The predicted molar refractivity (Wildman–Crippen MR) is 80.0 cm³/mol. The number of hydrogen-bond acceptors (Lipinski definition) is 2. The van der Waals surface area contributed by atoms with Crippen LogP contribution < -0.4 is 0 Å². The SMILES string of the molecule is CC.Cc1cccc2nc(-c3cnn(C)c3)ccc12. The Morgan fingerprint density at radius 1 is 1.05 bits per heavy atom. The van der Waals surface area contributed by atoms with Gasteiger partial charge in [-0.15, -0.1) is 0 Å². The molecule has 2 aromatic heterocycles. The van der Waals surface area contributed by atoms with Crippen LogP contribution in [-0.4, -0.2) is 14.8 Å². The van der Waals surface area contributed by atoms with E-state index in [1.165, 1.54) is 10.9 Å². The molecule has 3 rings (SSSR count). The quantitative estimate of drug-likeness (QED) is 0.657. The molecule has 0 saturated carbocycles. The summed E-state index contributed by atoms with van der Waals surface area (Å²) in [5.74, 6) is 0. The molecule has 0 fully saturated rings. The standard InChI is InChI=1S/C14H13N3.C2H6/c1-10-4-3-5-14-12(10)6-7-13(16-14)11-8-15-17(2)9-11;1-2/h3-9H,1-2H3;1-2H3. The third-order valence-electron chi connectivity index (χ3n) is 2.95. The van der Waals surface area contributed by atoms with Gasteiger partial charge in [0.25, 0.3) is 0 Å². The zero-order chi connectivity index (χ0) is 13.8. The Bertz CT molecular complexity index is 683. The Balaban J connectivity index is 0.000000637. The van der Waals surface area contributed by atoms with Crippen LogP contribution in [0.4, 0.5) is 0 Å². The summed E-state index contributed by atoms with van der Waals surface area (Å²) in [5, 5.41) is 5.38. The maximum Gasteiger partial charge on any atom is 0.0741 e. The molecule has 0 amide bonds. The van der Waals surface area contributed by atoms with Crippen LogP contribution in [0.2, 0.25) is 0 Å². The third-order valence-corrected chi connectivity index (χ3v) is 2.95. The summed E-state index contributed by atoms with van der Waals surface area (Å²) in [6, 6.07) is 10.4. The fourth-order valence-corrected chi connectivity index (χ4v) is 2.02. The average Bonchev–Trinajstić information content (AvgIpc) is 2.88. The molecular formula is C16H19N3. The molecule has 2 heterocycles. The molecule has 0 bridgehead atoms. The molecule has 1 aromatic carbocycles. The van der Waals surface area contributed by atoms with E-state index in [2.05, 4.69) is 29.1 Å². The molecule has 19 heavy (non-hydrogen) atoms. The van der Waals surface area contributed by atoms with Crippen molar-refractivity contribution in [3.8, 4) is 11.3 Å². The van der Waals surface area contributed by atoms with E-state index in [9.17, 15) is 0 Å². The number of aromatic nitrogens is 3. The minimum atomic E-state index is 0.969. The van der Waals surface area contributed by atoms with Crippen molar-refractivity contribution in [1.82, 2.24) is 14.8 Å². The van der Waals surface area contributed by atoms with Crippen molar-refractivity contribution in [3.63, 3.8) is 0 Å². The Morgan fingerprint density at radius 2 is 1.84 bits per heavy atom. The zero-order valence-corrected chi connectivity index (χ0v) is 11.9. The molecule has 0 aliphatic carbocycles. The van der Waals surface area contributed by atoms with Gasteiger partial charge in [-0.05, 0) is 24.6 Å². The lowest BCUT2D eigenvalue weighted by Gasteiger charge is -2.03. The van der Waals surface area contributed by atoms with Crippen LogP contribution in [0, 0.1) is 6.92 Å². The van der Waals surface area contributed by atoms with Crippen LogP contribution in [0.1, 0.15) is 19.4 Å². The largest absolute Gasteiger partial charge is 0.275 e. The molecule has 3 heteroatoms. The third kappa shape index (κ3) is 2.65. The summed E-state index contributed by atoms with van der Waals surface area (Å²) in [7, 11) is 1.91. The lowest BCUT2D eigenvalue weighted by molar-refractivity contribution is 0.768. The Morgan fingerprint density at radius 3 is 2.53 bits per heavy atom. The fourth-order valence-electron chi connectivity index (χ4n) is 2.02. The summed E-state index contributed by atoms with van der Waals surface area (Å²) in [6.07, 6.45) is 3.81. The van der Waals surface area contributed by atoms with Crippen molar-refractivity contribution in [2.75, 3.05) is 0 Å². The summed E-state index contributed by atoms with van der Waals surface area (Å²) in [6.45, 7) is 6.10. The molecule has 98 valence electrons. The Hall–Kier alpha value is -2.16. The second-order valence-corrected chi connectivity index (χ2v) is 4.24. The molecule has 0 radical (unpaired) electrons. The van der Waals surface area contributed by atoms with Crippen molar-refractivity contribution < 1.29 is 0 Å². The first-order valence-corrected chi connectivity index (χ1v) is 6.59.